The predicted octanol–water partition coefficient (Wildman–Crippen LogP) is 3.04. The Hall–Kier alpha value is -3.06. The number of likely N-dealkylation sites (N-methyl/N-ethyl adjacent to an activating group) is 1. The molecule has 0 aromatic heterocycles. The van der Waals surface area contributed by atoms with Gasteiger partial charge in [-0.15, -0.1) is 0 Å². The summed E-state index contributed by atoms with van der Waals surface area (Å²) in [6.45, 7) is 2.50. The van der Waals surface area contributed by atoms with Crippen molar-refractivity contribution in [2.75, 3.05) is 32.2 Å². The fourth-order valence-electron chi connectivity index (χ4n) is 5.79. The highest BCUT2D eigenvalue weighted by molar-refractivity contribution is 5.95. The fraction of sp³-hybridized carbons (Fsp3) is 0.462. The van der Waals surface area contributed by atoms with Crippen molar-refractivity contribution in [1.82, 2.24) is 9.80 Å². The third-order valence-electron chi connectivity index (χ3n) is 7.99. The molecular weight excluding hydrogens is 418 g/mol. The molecule has 2 aromatic carbocycles. The SMILES string of the molecule is CN1Cc2ccccc2C[C@@H]1C(=O)N1CCC2(CC1)C[C@H]2C(=O)Nc1ccc2c(c1)OCO2. The van der Waals surface area contributed by atoms with Crippen LogP contribution in [-0.4, -0.2) is 54.6 Å². The van der Waals surface area contributed by atoms with Gasteiger partial charge in [0.15, 0.2) is 11.5 Å². The fourth-order valence-corrected chi connectivity index (χ4v) is 5.79. The summed E-state index contributed by atoms with van der Waals surface area (Å²) in [5, 5.41) is 3.04. The normalized spacial score (nSPS) is 24.9. The number of rotatable bonds is 3. The zero-order chi connectivity index (χ0) is 22.6. The Kier molecular flexibility index (Phi) is 4.83. The lowest BCUT2D eigenvalue weighted by atomic mass is 9.89. The van der Waals surface area contributed by atoms with Gasteiger partial charge in [-0.1, -0.05) is 24.3 Å². The number of piperidine rings is 1. The van der Waals surface area contributed by atoms with Crippen LogP contribution in [0.4, 0.5) is 5.69 Å². The molecule has 1 saturated heterocycles. The maximum Gasteiger partial charge on any atom is 0.240 e. The minimum absolute atomic E-state index is 0.0180. The van der Waals surface area contributed by atoms with E-state index in [0.717, 1.165) is 51.0 Å². The van der Waals surface area contributed by atoms with Gasteiger partial charge in [-0.05, 0) is 61.4 Å². The number of carbonyl (C=O) groups excluding carboxylic acids is 2. The molecule has 33 heavy (non-hydrogen) atoms. The van der Waals surface area contributed by atoms with E-state index in [4.69, 9.17) is 9.47 Å². The van der Waals surface area contributed by atoms with Gasteiger partial charge in [0, 0.05) is 37.3 Å². The Bertz CT molecular complexity index is 1110. The summed E-state index contributed by atoms with van der Waals surface area (Å²) >= 11 is 0. The van der Waals surface area contributed by atoms with Crippen LogP contribution < -0.4 is 14.8 Å². The third-order valence-corrected chi connectivity index (χ3v) is 7.99. The number of ether oxygens (including phenoxy) is 2. The Labute approximate surface area is 193 Å². The number of hydrogen-bond acceptors (Lipinski definition) is 5. The van der Waals surface area contributed by atoms with Crippen molar-refractivity contribution in [1.29, 1.82) is 0 Å². The molecule has 6 rings (SSSR count). The van der Waals surface area contributed by atoms with Crippen LogP contribution in [0.2, 0.25) is 0 Å². The Morgan fingerprint density at radius 2 is 1.79 bits per heavy atom. The molecule has 172 valence electrons. The van der Waals surface area contributed by atoms with Gasteiger partial charge in [-0.3, -0.25) is 14.5 Å². The second kappa shape index (κ2) is 7.76. The van der Waals surface area contributed by atoms with Crippen LogP contribution in [0.1, 0.15) is 30.4 Å². The Morgan fingerprint density at radius 1 is 1.03 bits per heavy atom. The van der Waals surface area contributed by atoms with Crippen molar-refractivity contribution in [3.63, 3.8) is 0 Å². The number of likely N-dealkylation sites (tertiary alicyclic amines) is 1. The topological polar surface area (TPSA) is 71.1 Å². The minimum atomic E-state index is -0.0988. The summed E-state index contributed by atoms with van der Waals surface area (Å²) in [6.07, 6.45) is 3.46. The van der Waals surface area contributed by atoms with Gasteiger partial charge in [0.05, 0.1) is 6.04 Å². The average molecular weight is 448 g/mol. The summed E-state index contributed by atoms with van der Waals surface area (Å²) in [5.41, 5.74) is 3.38. The summed E-state index contributed by atoms with van der Waals surface area (Å²) in [5.74, 6) is 1.69. The van der Waals surface area contributed by atoms with E-state index in [0.29, 0.717) is 11.5 Å². The number of fused-ring (bicyclic) bond motifs is 2. The first kappa shape index (κ1) is 20.5. The van der Waals surface area contributed by atoms with E-state index in [1.54, 1.807) is 0 Å². The largest absolute Gasteiger partial charge is 0.454 e. The third kappa shape index (κ3) is 3.64. The van der Waals surface area contributed by atoms with E-state index < -0.39 is 0 Å². The molecule has 0 bridgehead atoms. The maximum atomic E-state index is 13.3. The predicted molar refractivity (Wildman–Crippen MR) is 123 cm³/mol. The number of hydrogen-bond donors (Lipinski definition) is 1. The van der Waals surface area contributed by atoms with Crippen molar-refractivity contribution in [3.05, 3.63) is 53.6 Å². The molecule has 7 heteroatoms. The number of amides is 2. The van der Waals surface area contributed by atoms with Gasteiger partial charge < -0.3 is 19.7 Å². The number of carbonyl (C=O) groups is 2. The molecule has 3 aliphatic heterocycles. The highest BCUT2D eigenvalue weighted by Gasteiger charge is 2.59. The number of anilines is 1. The van der Waals surface area contributed by atoms with E-state index in [1.807, 2.05) is 30.1 Å². The Balaban J connectivity index is 1.05. The quantitative estimate of drug-likeness (QED) is 0.783. The first-order valence-corrected chi connectivity index (χ1v) is 11.8. The molecule has 2 aromatic rings. The van der Waals surface area contributed by atoms with Crippen molar-refractivity contribution in [3.8, 4) is 11.5 Å². The van der Waals surface area contributed by atoms with Crippen LogP contribution in [0.15, 0.2) is 42.5 Å². The van der Waals surface area contributed by atoms with Gasteiger partial charge in [0.1, 0.15) is 0 Å². The molecule has 7 nitrogen and oxygen atoms in total. The lowest BCUT2D eigenvalue weighted by molar-refractivity contribution is -0.138. The molecule has 3 heterocycles. The number of nitrogens with zero attached hydrogens (tertiary/aromatic N) is 2. The van der Waals surface area contributed by atoms with Crippen LogP contribution in [0, 0.1) is 11.3 Å². The minimum Gasteiger partial charge on any atom is -0.454 e. The van der Waals surface area contributed by atoms with E-state index in [2.05, 4.69) is 34.5 Å². The standard InChI is InChI=1S/C26H29N3O4/c1-28-15-18-5-3-2-4-17(18)12-21(28)25(31)29-10-8-26(9-11-29)14-20(26)24(30)27-19-6-7-22-23(13-19)33-16-32-22/h2-7,13,20-21H,8-12,14-16H2,1H3,(H,27,30)/t20-,21+/m0/s1. The highest BCUT2D eigenvalue weighted by Crippen LogP contribution is 2.59. The molecule has 2 amide bonds. The zero-order valence-corrected chi connectivity index (χ0v) is 18.9. The first-order chi connectivity index (χ1) is 16.0. The molecule has 1 saturated carbocycles. The number of nitrogens with one attached hydrogen (secondary N) is 1. The van der Waals surface area contributed by atoms with Crippen LogP contribution in [0.3, 0.4) is 0 Å². The highest BCUT2D eigenvalue weighted by atomic mass is 16.7. The van der Waals surface area contributed by atoms with E-state index in [1.165, 1.54) is 11.1 Å². The summed E-state index contributed by atoms with van der Waals surface area (Å²) in [6, 6.07) is 13.8. The molecule has 4 aliphatic rings. The molecule has 1 spiro atoms. The van der Waals surface area contributed by atoms with Crippen molar-refractivity contribution in [2.24, 2.45) is 11.3 Å². The molecule has 2 atom stereocenters. The summed E-state index contributed by atoms with van der Waals surface area (Å²) in [4.78, 5) is 30.4. The second-order valence-electron chi connectivity index (χ2n) is 9.91. The molecule has 2 fully saturated rings. The summed E-state index contributed by atoms with van der Waals surface area (Å²) in [7, 11) is 2.04. The maximum absolute atomic E-state index is 13.3. The van der Waals surface area contributed by atoms with Crippen LogP contribution >= 0.6 is 0 Å². The van der Waals surface area contributed by atoms with E-state index >= 15 is 0 Å². The first-order valence-electron chi connectivity index (χ1n) is 11.8. The molecular formula is C26H29N3O4. The van der Waals surface area contributed by atoms with Gasteiger partial charge >= 0.3 is 0 Å². The van der Waals surface area contributed by atoms with Gasteiger partial charge in [-0.2, -0.15) is 0 Å². The van der Waals surface area contributed by atoms with Gasteiger partial charge in [-0.25, -0.2) is 0 Å². The molecule has 0 radical (unpaired) electrons. The molecule has 0 unspecified atom stereocenters. The Morgan fingerprint density at radius 3 is 2.61 bits per heavy atom. The average Bonchev–Trinajstić information content (AvgIpc) is 3.31. The van der Waals surface area contributed by atoms with Gasteiger partial charge in [0.25, 0.3) is 0 Å². The van der Waals surface area contributed by atoms with Crippen molar-refractivity contribution < 1.29 is 19.1 Å². The van der Waals surface area contributed by atoms with E-state index in [-0.39, 0.29) is 36.0 Å². The van der Waals surface area contributed by atoms with Crippen LogP contribution in [0.25, 0.3) is 0 Å². The summed E-state index contributed by atoms with van der Waals surface area (Å²) < 4.78 is 10.7. The van der Waals surface area contributed by atoms with Crippen LogP contribution in [-0.2, 0) is 22.6 Å². The van der Waals surface area contributed by atoms with Crippen LogP contribution in [0.5, 0.6) is 11.5 Å². The number of benzene rings is 2. The molecule has 1 aliphatic carbocycles. The lowest BCUT2D eigenvalue weighted by Crippen LogP contribution is -2.52. The lowest BCUT2D eigenvalue weighted by Gasteiger charge is -2.39. The molecule has 1 N–H and O–H groups in total. The van der Waals surface area contributed by atoms with Gasteiger partial charge in [0.2, 0.25) is 18.6 Å². The van der Waals surface area contributed by atoms with Crippen molar-refractivity contribution >= 4 is 17.5 Å². The van der Waals surface area contributed by atoms with E-state index in [9.17, 15) is 9.59 Å². The van der Waals surface area contributed by atoms with Crippen molar-refractivity contribution in [2.45, 2.75) is 38.3 Å². The smallest absolute Gasteiger partial charge is 0.240 e. The zero-order valence-electron chi connectivity index (χ0n) is 18.9. The monoisotopic (exact) mass is 447 g/mol. The second-order valence-corrected chi connectivity index (χ2v) is 9.91.